The minimum atomic E-state index is -4.32. The molecular weight excluding hydrogens is 343 g/mol. The van der Waals surface area contributed by atoms with Crippen molar-refractivity contribution in [3.05, 3.63) is 71.6 Å². The lowest BCUT2D eigenvalue weighted by Crippen LogP contribution is -2.22. The molecule has 136 valence electrons. The predicted molar refractivity (Wildman–Crippen MR) is 91.1 cm³/mol. The molecular formula is C19H18F3N3O. The molecule has 2 aromatic carbocycles. The first-order chi connectivity index (χ1) is 12.3. The van der Waals surface area contributed by atoms with Crippen LogP contribution >= 0.6 is 0 Å². The van der Waals surface area contributed by atoms with Crippen LogP contribution in [0, 0.1) is 0 Å². The van der Waals surface area contributed by atoms with E-state index in [1.165, 1.54) is 12.1 Å². The molecule has 0 aliphatic rings. The Labute approximate surface area is 149 Å². The van der Waals surface area contributed by atoms with E-state index in [0.29, 0.717) is 18.3 Å². The molecule has 0 radical (unpaired) electrons. The molecule has 4 nitrogen and oxygen atoms in total. The molecule has 3 aromatic rings. The summed E-state index contributed by atoms with van der Waals surface area (Å²) in [5.41, 5.74) is 0.959. The smallest absolute Gasteiger partial charge is 0.416 e. The Hall–Kier alpha value is -2.67. The first kappa shape index (κ1) is 18.1. The highest BCUT2D eigenvalue weighted by Crippen LogP contribution is 2.30. The standard InChI is InChI=1S/C19H18F3N3O/c1-13(17-23-24-18(26-17)15-6-4-3-5-7-15)25(2)12-14-8-10-16(11-9-14)19(20,21)22/h3-11,13H,12H2,1-2H3. The summed E-state index contributed by atoms with van der Waals surface area (Å²) in [7, 11) is 1.86. The lowest BCUT2D eigenvalue weighted by molar-refractivity contribution is -0.137. The number of aromatic nitrogens is 2. The van der Waals surface area contributed by atoms with Gasteiger partial charge in [-0.25, -0.2) is 0 Å². The van der Waals surface area contributed by atoms with E-state index in [1.54, 1.807) is 0 Å². The van der Waals surface area contributed by atoms with Crippen LogP contribution in [0.4, 0.5) is 13.2 Å². The van der Waals surface area contributed by atoms with Crippen LogP contribution in [0.2, 0.25) is 0 Å². The fourth-order valence-corrected chi connectivity index (χ4v) is 2.51. The van der Waals surface area contributed by atoms with Crippen molar-refractivity contribution >= 4 is 0 Å². The van der Waals surface area contributed by atoms with E-state index < -0.39 is 11.7 Å². The van der Waals surface area contributed by atoms with Gasteiger partial charge in [0.2, 0.25) is 11.8 Å². The summed E-state index contributed by atoms with van der Waals surface area (Å²) in [6.07, 6.45) is -4.32. The monoisotopic (exact) mass is 361 g/mol. The summed E-state index contributed by atoms with van der Waals surface area (Å²) >= 11 is 0. The van der Waals surface area contributed by atoms with Crippen LogP contribution in [0.15, 0.2) is 59.0 Å². The van der Waals surface area contributed by atoms with Gasteiger partial charge in [0, 0.05) is 12.1 Å². The van der Waals surface area contributed by atoms with Gasteiger partial charge in [-0.1, -0.05) is 30.3 Å². The van der Waals surface area contributed by atoms with Crippen LogP contribution in [0.1, 0.15) is 30.0 Å². The van der Waals surface area contributed by atoms with Gasteiger partial charge < -0.3 is 4.42 Å². The van der Waals surface area contributed by atoms with Crippen molar-refractivity contribution in [2.75, 3.05) is 7.05 Å². The van der Waals surface area contributed by atoms with Gasteiger partial charge in [0.15, 0.2) is 0 Å². The Bertz CT molecular complexity index is 844. The number of rotatable bonds is 5. The largest absolute Gasteiger partial charge is 0.419 e. The third kappa shape index (κ3) is 4.11. The predicted octanol–water partition coefficient (Wildman–Crippen LogP) is 4.95. The molecule has 1 aromatic heterocycles. The second kappa shape index (κ2) is 7.29. The van der Waals surface area contributed by atoms with Crippen molar-refractivity contribution in [3.8, 4) is 11.5 Å². The zero-order valence-corrected chi connectivity index (χ0v) is 14.4. The van der Waals surface area contributed by atoms with Gasteiger partial charge in [0.25, 0.3) is 0 Å². The number of halogens is 3. The van der Waals surface area contributed by atoms with E-state index in [4.69, 9.17) is 4.42 Å². The topological polar surface area (TPSA) is 42.2 Å². The van der Waals surface area contributed by atoms with E-state index in [1.807, 2.05) is 49.2 Å². The Morgan fingerprint density at radius 3 is 2.27 bits per heavy atom. The molecule has 0 aliphatic carbocycles. The molecule has 0 fully saturated rings. The van der Waals surface area contributed by atoms with Gasteiger partial charge in [-0.2, -0.15) is 13.2 Å². The first-order valence-corrected chi connectivity index (χ1v) is 8.10. The van der Waals surface area contributed by atoms with Gasteiger partial charge in [0.1, 0.15) is 0 Å². The molecule has 26 heavy (non-hydrogen) atoms. The van der Waals surface area contributed by atoms with Gasteiger partial charge >= 0.3 is 6.18 Å². The minimum absolute atomic E-state index is 0.178. The molecule has 1 heterocycles. The molecule has 0 N–H and O–H groups in total. The van der Waals surface area contributed by atoms with E-state index in [9.17, 15) is 13.2 Å². The normalized spacial score (nSPS) is 13.2. The van der Waals surface area contributed by atoms with Crippen molar-refractivity contribution in [2.24, 2.45) is 0 Å². The molecule has 7 heteroatoms. The molecule has 0 spiro atoms. The number of benzene rings is 2. The highest BCUT2D eigenvalue weighted by atomic mass is 19.4. The van der Waals surface area contributed by atoms with Crippen LogP contribution in [0.25, 0.3) is 11.5 Å². The van der Waals surface area contributed by atoms with E-state index >= 15 is 0 Å². The van der Waals surface area contributed by atoms with Crippen LogP contribution in [0.3, 0.4) is 0 Å². The lowest BCUT2D eigenvalue weighted by Gasteiger charge is -2.22. The summed E-state index contributed by atoms with van der Waals surface area (Å²) in [6.45, 7) is 2.37. The first-order valence-electron chi connectivity index (χ1n) is 8.10. The Kier molecular flexibility index (Phi) is 5.08. The second-order valence-electron chi connectivity index (χ2n) is 6.10. The fourth-order valence-electron chi connectivity index (χ4n) is 2.51. The summed E-state index contributed by atoms with van der Waals surface area (Å²) in [6, 6.07) is 14.4. The third-order valence-corrected chi connectivity index (χ3v) is 4.19. The minimum Gasteiger partial charge on any atom is -0.419 e. The molecule has 3 rings (SSSR count). The maximum absolute atomic E-state index is 12.6. The number of alkyl halides is 3. The average molecular weight is 361 g/mol. The van der Waals surface area contributed by atoms with E-state index in [2.05, 4.69) is 10.2 Å². The summed E-state index contributed by atoms with van der Waals surface area (Å²) < 4.78 is 43.6. The van der Waals surface area contributed by atoms with Crippen LogP contribution in [0.5, 0.6) is 0 Å². The molecule has 1 unspecified atom stereocenters. The maximum Gasteiger partial charge on any atom is 0.416 e. The van der Waals surface area contributed by atoms with Crippen LogP contribution < -0.4 is 0 Å². The van der Waals surface area contributed by atoms with Crippen molar-refractivity contribution in [2.45, 2.75) is 25.7 Å². The average Bonchev–Trinajstić information content (AvgIpc) is 3.11. The molecule has 0 aliphatic heterocycles. The Balaban J connectivity index is 1.68. The van der Waals surface area contributed by atoms with Crippen molar-refractivity contribution in [1.82, 2.24) is 15.1 Å². The van der Waals surface area contributed by atoms with Gasteiger partial charge in [0.05, 0.1) is 11.6 Å². The zero-order chi connectivity index (χ0) is 18.7. The molecule has 0 bridgehead atoms. The summed E-state index contributed by atoms with van der Waals surface area (Å²) in [5, 5.41) is 8.16. The van der Waals surface area contributed by atoms with Crippen molar-refractivity contribution in [3.63, 3.8) is 0 Å². The number of hydrogen-bond acceptors (Lipinski definition) is 4. The van der Waals surface area contributed by atoms with Gasteiger partial charge in [-0.3, -0.25) is 4.90 Å². The highest BCUT2D eigenvalue weighted by molar-refractivity contribution is 5.51. The molecule has 0 amide bonds. The summed E-state index contributed by atoms with van der Waals surface area (Å²) in [5.74, 6) is 0.897. The third-order valence-electron chi connectivity index (χ3n) is 4.19. The Morgan fingerprint density at radius 2 is 1.65 bits per heavy atom. The van der Waals surface area contributed by atoms with E-state index in [-0.39, 0.29) is 6.04 Å². The zero-order valence-electron chi connectivity index (χ0n) is 14.4. The highest BCUT2D eigenvalue weighted by Gasteiger charge is 2.30. The van der Waals surface area contributed by atoms with Crippen LogP contribution in [-0.4, -0.2) is 22.1 Å². The molecule has 0 saturated carbocycles. The van der Waals surface area contributed by atoms with Crippen LogP contribution in [-0.2, 0) is 12.7 Å². The fraction of sp³-hybridized carbons (Fsp3) is 0.263. The number of nitrogens with zero attached hydrogens (tertiary/aromatic N) is 3. The second-order valence-corrected chi connectivity index (χ2v) is 6.10. The van der Waals surface area contributed by atoms with Gasteiger partial charge in [-0.05, 0) is 43.8 Å². The Morgan fingerprint density at radius 1 is 1.00 bits per heavy atom. The quantitative estimate of drug-likeness (QED) is 0.645. The molecule has 0 saturated heterocycles. The lowest BCUT2D eigenvalue weighted by atomic mass is 10.1. The summed E-state index contributed by atoms with van der Waals surface area (Å²) in [4.78, 5) is 1.94. The van der Waals surface area contributed by atoms with Gasteiger partial charge in [-0.15, -0.1) is 10.2 Å². The number of hydrogen-bond donors (Lipinski definition) is 0. The van der Waals surface area contributed by atoms with E-state index in [0.717, 1.165) is 23.3 Å². The van der Waals surface area contributed by atoms with Crippen molar-refractivity contribution in [1.29, 1.82) is 0 Å². The molecule has 1 atom stereocenters. The SMILES string of the molecule is CC(c1nnc(-c2ccccc2)o1)N(C)Cc1ccc(C(F)(F)F)cc1. The maximum atomic E-state index is 12.6. The van der Waals surface area contributed by atoms with Crippen molar-refractivity contribution < 1.29 is 17.6 Å².